The molecule has 0 aliphatic carbocycles. The molecule has 0 heterocycles. The molecular formula is C18H17ClFNO5. The van der Waals surface area contributed by atoms with Gasteiger partial charge < -0.3 is 19.5 Å². The third-order valence-corrected chi connectivity index (χ3v) is 3.77. The van der Waals surface area contributed by atoms with E-state index in [0.29, 0.717) is 11.5 Å². The molecule has 0 saturated heterocycles. The van der Waals surface area contributed by atoms with Gasteiger partial charge in [-0.1, -0.05) is 11.6 Å². The zero-order chi connectivity index (χ0) is 19.3. The monoisotopic (exact) mass is 381 g/mol. The molecule has 0 spiro atoms. The molecule has 0 fully saturated rings. The fourth-order valence-electron chi connectivity index (χ4n) is 2.07. The SMILES string of the molecule is COc1ccc(C(=O)O[C@H](C)C(=O)Nc2ccc(F)cc2Cl)cc1OC. The highest BCUT2D eigenvalue weighted by Crippen LogP contribution is 2.28. The lowest BCUT2D eigenvalue weighted by Gasteiger charge is -2.15. The first-order valence-corrected chi connectivity index (χ1v) is 7.92. The molecule has 0 unspecified atom stereocenters. The van der Waals surface area contributed by atoms with E-state index in [1.165, 1.54) is 39.3 Å². The first-order chi connectivity index (χ1) is 12.3. The maximum absolute atomic E-state index is 13.0. The van der Waals surface area contributed by atoms with E-state index in [2.05, 4.69) is 5.32 Å². The van der Waals surface area contributed by atoms with Gasteiger partial charge in [0, 0.05) is 0 Å². The molecule has 6 nitrogen and oxygen atoms in total. The van der Waals surface area contributed by atoms with Crippen LogP contribution in [-0.4, -0.2) is 32.2 Å². The Labute approximate surface area is 154 Å². The van der Waals surface area contributed by atoms with Gasteiger partial charge in [0.15, 0.2) is 17.6 Å². The number of carbonyl (C=O) groups excluding carboxylic acids is 2. The minimum absolute atomic E-state index is 0.0387. The fourth-order valence-corrected chi connectivity index (χ4v) is 2.28. The molecule has 0 aliphatic heterocycles. The van der Waals surface area contributed by atoms with E-state index < -0.39 is 23.8 Å². The molecule has 2 aromatic carbocycles. The summed E-state index contributed by atoms with van der Waals surface area (Å²) in [7, 11) is 2.91. The molecule has 8 heteroatoms. The summed E-state index contributed by atoms with van der Waals surface area (Å²) in [6.45, 7) is 1.41. The van der Waals surface area contributed by atoms with Gasteiger partial charge in [-0.05, 0) is 43.3 Å². The van der Waals surface area contributed by atoms with Crippen LogP contribution in [-0.2, 0) is 9.53 Å². The van der Waals surface area contributed by atoms with E-state index in [1.807, 2.05) is 0 Å². The quantitative estimate of drug-likeness (QED) is 0.773. The molecule has 1 N–H and O–H groups in total. The van der Waals surface area contributed by atoms with E-state index in [1.54, 1.807) is 6.07 Å². The van der Waals surface area contributed by atoms with Crippen molar-refractivity contribution >= 4 is 29.2 Å². The molecule has 0 aromatic heterocycles. The molecular weight excluding hydrogens is 365 g/mol. The molecule has 0 bridgehead atoms. The number of anilines is 1. The largest absolute Gasteiger partial charge is 0.493 e. The number of hydrogen-bond donors (Lipinski definition) is 1. The van der Waals surface area contributed by atoms with E-state index >= 15 is 0 Å². The number of amides is 1. The number of carbonyl (C=O) groups is 2. The second-order valence-corrected chi connectivity index (χ2v) is 5.64. The highest BCUT2D eigenvalue weighted by molar-refractivity contribution is 6.33. The molecule has 26 heavy (non-hydrogen) atoms. The number of methoxy groups -OCH3 is 2. The second-order valence-electron chi connectivity index (χ2n) is 5.23. The molecule has 1 amide bonds. The average molecular weight is 382 g/mol. The zero-order valence-electron chi connectivity index (χ0n) is 14.3. The topological polar surface area (TPSA) is 73.9 Å². The van der Waals surface area contributed by atoms with Crippen LogP contribution in [0.5, 0.6) is 11.5 Å². The van der Waals surface area contributed by atoms with Crippen LogP contribution in [0.25, 0.3) is 0 Å². The van der Waals surface area contributed by atoms with Gasteiger partial charge in [-0.2, -0.15) is 0 Å². The van der Waals surface area contributed by atoms with Crippen LogP contribution >= 0.6 is 11.6 Å². The zero-order valence-corrected chi connectivity index (χ0v) is 15.1. The minimum atomic E-state index is -1.10. The highest BCUT2D eigenvalue weighted by Gasteiger charge is 2.21. The Morgan fingerprint density at radius 2 is 1.77 bits per heavy atom. The van der Waals surface area contributed by atoms with E-state index in [9.17, 15) is 14.0 Å². The summed E-state index contributed by atoms with van der Waals surface area (Å²) < 4.78 is 28.4. The van der Waals surface area contributed by atoms with Crippen molar-refractivity contribution in [3.05, 3.63) is 52.8 Å². The number of rotatable bonds is 6. The minimum Gasteiger partial charge on any atom is -0.493 e. The number of benzene rings is 2. The first kappa shape index (κ1) is 19.5. The van der Waals surface area contributed by atoms with E-state index in [0.717, 1.165) is 12.1 Å². The number of halogens is 2. The third kappa shape index (κ3) is 4.64. The average Bonchev–Trinajstić information content (AvgIpc) is 2.63. The summed E-state index contributed by atoms with van der Waals surface area (Å²) in [6, 6.07) is 8.03. The van der Waals surface area contributed by atoms with Crippen molar-refractivity contribution in [2.24, 2.45) is 0 Å². The van der Waals surface area contributed by atoms with Crippen molar-refractivity contribution in [1.29, 1.82) is 0 Å². The lowest BCUT2D eigenvalue weighted by atomic mass is 10.2. The summed E-state index contributed by atoms with van der Waals surface area (Å²) in [4.78, 5) is 24.4. The van der Waals surface area contributed by atoms with Gasteiger partial charge in [0.25, 0.3) is 5.91 Å². The Balaban J connectivity index is 2.05. The highest BCUT2D eigenvalue weighted by atomic mass is 35.5. The van der Waals surface area contributed by atoms with Crippen molar-refractivity contribution in [2.45, 2.75) is 13.0 Å². The predicted octanol–water partition coefficient (Wildman–Crippen LogP) is 3.68. The van der Waals surface area contributed by atoms with Crippen LogP contribution in [0.2, 0.25) is 5.02 Å². The van der Waals surface area contributed by atoms with Crippen molar-refractivity contribution in [1.82, 2.24) is 0 Å². The Kier molecular flexibility index (Phi) is 6.41. The Bertz CT molecular complexity index is 827. The van der Waals surface area contributed by atoms with E-state index in [4.69, 9.17) is 25.8 Å². The maximum atomic E-state index is 13.0. The molecule has 2 rings (SSSR count). The lowest BCUT2D eigenvalue weighted by Crippen LogP contribution is -2.30. The molecule has 0 saturated carbocycles. The van der Waals surface area contributed by atoms with Crippen LogP contribution in [0, 0.1) is 5.82 Å². The maximum Gasteiger partial charge on any atom is 0.339 e. The molecule has 1 atom stereocenters. The van der Waals surface area contributed by atoms with Crippen molar-refractivity contribution in [2.75, 3.05) is 19.5 Å². The summed E-state index contributed by atoms with van der Waals surface area (Å²) in [5.74, 6) is -1.02. The van der Waals surface area contributed by atoms with Crippen LogP contribution in [0.3, 0.4) is 0 Å². The Morgan fingerprint density at radius 1 is 1.08 bits per heavy atom. The van der Waals surface area contributed by atoms with Crippen molar-refractivity contribution in [3.63, 3.8) is 0 Å². The van der Waals surface area contributed by atoms with Crippen LogP contribution in [0.1, 0.15) is 17.3 Å². The van der Waals surface area contributed by atoms with Crippen molar-refractivity contribution in [3.8, 4) is 11.5 Å². The molecule has 138 valence electrons. The standard InChI is InChI=1S/C18H17ClFNO5/c1-10(17(22)21-14-6-5-12(20)9-13(14)19)26-18(23)11-4-7-15(24-2)16(8-11)25-3/h4-10H,1-3H3,(H,21,22)/t10-/m1/s1. The van der Waals surface area contributed by atoms with Crippen LogP contribution in [0.4, 0.5) is 10.1 Å². The van der Waals surface area contributed by atoms with Crippen molar-refractivity contribution < 1.29 is 28.2 Å². The van der Waals surface area contributed by atoms with Gasteiger partial charge >= 0.3 is 5.97 Å². The van der Waals surface area contributed by atoms with Crippen LogP contribution in [0.15, 0.2) is 36.4 Å². The molecule has 0 aliphatic rings. The third-order valence-electron chi connectivity index (χ3n) is 3.46. The summed E-state index contributed by atoms with van der Waals surface area (Å²) in [5.41, 5.74) is 0.411. The number of ether oxygens (including phenoxy) is 3. The smallest absolute Gasteiger partial charge is 0.339 e. The number of esters is 1. The fraction of sp³-hybridized carbons (Fsp3) is 0.222. The van der Waals surface area contributed by atoms with Gasteiger partial charge in [0.05, 0.1) is 30.5 Å². The molecule has 0 radical (unpaired) electrons. The summed E-state index contributed by atoms with van der Waals surface area (Å²) in [5, 5.41) is 2.51. The summed E-state index contributed by atoms with van der Waals surface area (Å²) >= 11 is 5.85. The first-order valence-electron chi connectivity index (χ1n) is 7.54. The van der Waals surface area contributed by atoms with Gasteiger partial charge in [0.2, 0.25) is 0 Å². The Morgan fingerprint density at radius 3 is 2.38 bits per heavy atom. The van der Waals surface area contributed by atoms with E-state index in [-0.39, 0.29) is 16.3 Å². The Hall–Kier alpha value is -2.80. The molecule has 2 aromatic rings. The van der Waals surface area contributed by atoms with Gasteiger partial charge in [-0.15, -0.1) is 0 Å². The predicted molar refractivity (Wildman–Crippen MR) is 94.5 cm³/mol. The van der Waals surface area contributed by atoms with Gasteiger partial charge in [0.1, 0.15) is 5.82 Å². The number of nitrogens with one attached hydrogen (secondary N) is 1. The second kappa shape index (κ2) is 8.53. The lowest BCUT2D eigenvalue weighted by molar-refractivity contribution is -0.123. The van der Waals surface area contributed by atoms with Crippen LogP contribution < -0.4 is 14.8 Å². The summed E-state index contributed by atoms with van der Waals surface area (Å²) in [6.07, 6.45) is -1.10. The normalized spacial score (nSPS) is 11.4. The van der Waals surface area contributed by atoms with Gasteiger partial charge in [-0.25, -0.2) is 9.18 Å². The number of hydrogen-bond acceptors (Lipinski definition) is 5. The van der Waals surface area contributed by atoms with Gasteiger partial charge in [-0.3, -0.25) is 4.79 Å².